The zero-order valence-electron chi connectivity index (χ0n) is 13.1. The first-order valence-electron chi connectivity index (χ1n) is 7.73. The SMILES string of the molecule is Cc1ccccc1OCCNC1c2cnn(C)c2CCC1F. The first-order chi connectivity index (χ1) is 10.7. The highest BCUT2D eigenvalue weighted by molar-refractivity contribution is 5.31. The molecule has 1 aromatic carbocycles. The summed E-state index contributed by atoms with van der Waals surface area (Å²) in [4.78, 5) is 0. The Morgan fingerprint density at radius 1 is 1.41 bits per heavy atom. The highest BCUT2D eigenvalue weighted by Crippen LogP contribution is 2.31. The molecule has 1 heterocycles. The molecular formula is C17H22FN3O. The summed E-state index contributed by atoms with van der Waals surface area (Å²) in [5, 5.41) is 7.53. The van der Waals surface area contributed by atoms with Crippen LogP contribution in [0.5, 0.6) is 5.75 Å². The van der Waals surface area contributed by atoms with E-state index in [0.29, 0.717) is 19.6 Å². The summed E-state index contributed by atoms with van der Waals surface area (Å²) in [6.07, 6.45) is 2.21. The van der Waals surface area contributed by atoms with Crippen molar-refractivity contribution < 1.29 is 9.13 Å². The van der Waals surface area contributed by atoms with Gasteiger partial charge in [0.15, 0.2) is 0 Å². The maximum Gasteiger partial charge on any atom is 0.122 e. The summed E-state index contributed by atoms with van der Waals surface area (Å²) in [5.74, 6) is 0.881. The summed E-state index contributed by atoms with van der Waals surface area (Å²) >= 11 is 0. The largest absolute Gasteiger partial charge is 0.492 e. The Labute approximate surface area is 130 Å². The molecule has 0 spiro atoms. The average molecular weight is 303 g/mol. The molecule has 0 aliphatic heterocycles. The van der Waals surface area contributed by atoms with Gasteiger partial charge in [0.25, 0.3) is 0 Å². The second-order valence-electron chi connectivity index (χ2n) is 5.77. The van der Waals surface area contributed by atoms with Gasteiger partial charge in [-0.05, 0) is 31.4 Å². The Hall–Kier alpha value is -1.88. The molecule has 4 nitrogen and oxygen atoms in total. The molecule has 118 valence electrons. The van der Waals surface area contributed by atoms with Crippen molar-refractivity contribution in [3.8, 4) is 5.75 Å². The van der Waals surface area contributed by atoms with Gasteiger partial charge in [-0.2, -0.15) is 5.10 Å². The Kier molecular flexibility index (Phi) is 4.43. The van der Waals surface area contributed by atoms with Gasteiger partial charge in [-0.3, -0.25) is 4.68 Å². The van der Waals surface area contributed by atoms with Crippen molar-refractivity contribution in [1.29, 1.82) is 0 Å². The number of aryl methyl sites for hydroxylation is 2. The molecule has 1 aliphatic rings. The smallest absolute Gasteiger partial charge is 0.122 e. The molecule has 0 fully saturated rings. The van der Waals surface area contributed by atoms with E-state index in [4.69, 9.17) is 4.74 Å². The van der Waals surface area contributed by atoms with Crippen LogP contribution in [-0.4, -0.2) is 29.1 Å². The normalized spacial score (nSPS) is 20.7. The number of hydrogen-bond donors (Lipinski definition) is 1. The number of benzene rings is 1. The minimum absolute atomic E-state index is 0.280. The van der Waals surface area contributed by atoms with Gasteiger partial charge in [-0.25, -0.2) is 4.39 Å². The number of hydrogen-bond acceptors (Lipinski definition) is 3. The highest BCUT2D eigenvalue weighted by Gasteiger charge is 2.31. The first kappa shape index (κ1) is 15.0. The second-order valence-corrected chi connectivity index (χ2v) is 5.77. The van der Waals surface area contributed by atoms with Crippen LogP contribution in [0, 0.1) is 6.92 Å². The quantitative estimate of drug-likeness (QED) is 0.863. The minimum atomic E-state index is -0.866. The first-order valence-corrected chi connectivity index (χ1v) is 7.73. The molecule has 2 atom stereocenters. The van der Waals surface area contributed by atoms with Crippen molar-refractivity contribution in [2.75, 3.05) is 13.2 Å². The zero-order chi connectivity index (χ0) is 15.5. The molecule has 1 aromatic heterocycles. The minimum Gasteiger partial charge on any atom is -0.492 e. The van der Waals surface area contributed by atoms with Crippen LogP contribution < -0.4 is 10.1 Å². The predicted molar refractivity (Wildman–Crippen MR) is 83.8 cm³/mol. The van der Waals surface area contributed by atoms with E-state index in [1.54, 1.807) is 6.20 Å². The van der Waals surface area contributed by atoms with E-state index in [-0.39, 0.29) is 6.04 Å². The molecule has 5 heteroatoms. The van der Waals surface area contributed by atoms with E-state index in [0.717, 1.165) is 29.0 Å². The van der Waals surface area contributed by atoms with Gasteiger partial charge in [0.05, 0.1) is 12.2 Å². The standard InChI is InChI=1S/C17H22FN3O/c1-12-5-3-4-6-16(12)22-10-9-19-17-13-11-20-21(2)15(13)8-7-14(17)18/h3-6,11,14,17,19H,7-10H2,1-2H3. The summed E-state index contributed by atoms with van der Waals surface area (Å²) in [5.41, 5.74) is 3.22. The fourth-order valence-corrected chi connectivity index (χ4v) is 3.01. The van der Waals surface area contributed by atoms with E-state index < -0.39 is 6.17 Å². The lowest BCUT2D eigenvalue weighted by Gasteiger charge is -2.27. The lowest BCUT2D eigenvalue weighted by atomic mass is 9.91. The Morgan fingerprint density at radius 3 is 3.05 bits per heavy atom. The van der Waals surface area contributed by atoms with Crippen LogP contribution in [0.2, 0.25) is 0 Å². The number of fused-ring (bicyclic) bond motifs is 1. The predicted octanol–water partition coefficient (Wildman–Crippen LogP) is 2.72. The van der Waals surface area contributed by atoms with Crippen molar-refractivity contribution in [2.45, 2.75) is 32.0 Å². The Balaban J connectivity index is 1.56. The maximum atomic E-state index is 14.2. The van der Waals surface area contributed by atoms with Crippen LogP contribution >= 0.6 is 0 Å². The van der Waals surface area contributed by atoms with Gasteiger partial charge in [0.1, 0.15) is 18.5 Å². The summed E-state index contributed by atoms with van der Waals surface area (Å²) in [7, 11) is 1.91. The molecule has 2 aromatic rings. The zero-order valence-corrected chi connectivity index (χ0v) is 13.1. The van der Waals surface area contributed by atoms with Crippen LogP contribution in [0.1, 0.15) is 29.3 Å². The van der Waals surface area contributed by atoms with Crippen molar-refractivity contribution in [3.63, 3.8) is 0 Å². The number of aromatic nitrogens is 2. The number of para-hydroxylation sites is 1. The van der Waals surface area contributed by atoms with Crippen LogP contribution in [0.25, 0.3) is 0 Å². The second kappa shape index (κ2) is 6.48. The van der Waals surface area contributed by atoms with Gasteiger partial charge in [0, 0.05) is 24.8 Å². The van der Waals surface area contributed by atoms with Gasteiger partial charge in [-0.15, -0.1) is 0 Å². The molecule has 1 aliphatic carbocycles. The van der Waals surface area contributed by atoms with E-state index in [1.165, 1.54) is 0 Å². The number of rotatable bonds is 5. The fourth-order valence-electron chi connectivity index (χ4n) is 3.01. The van der Waals surface area contributed by atoms with Crippen LogP contribution in [0.3, 0.4) is 0 Å². The third-order valence-electron chi connectivity index (χ3n) is 4.27. The van der Waals surface area contributed by atoms with E-state index in [2.05, 4.69) is 10.4 Å². The highest BCUT2D eigenvalue weighted by atomic mass is 19.1. The molecule has 22 heavy (non-hydrogen) atoms. The molecule has 0 saturated heterocycles. The van der Waals surface area contributed by atoms with Gasteiger partial charge in [0.2, 0.25) is 0 Å². The lowest BCUT2D eigenvalue weighted by molar-refractivity contribution is 0.211. The summed E-state index contributed by atoms with van der Waals surface area (Å²) < 4.78 is 21.8. The third kappa shape index (κ3) is 2.99. The maximum absolute atomic E-state index is 14.2. The molecular weight excluding hydrogens is 281 g/mol. The van der Waals surface area contributed by atoms with Gasteiger partial charge in [-0.1, -0.05) is 18.2 Å². The number of nitrogens with zero attached hydrogens (tertiary/aromatic N) is 2. The molecule has 0 radical (unpaired) electrons. The van der Waals surface area contributed by atoms with Crippen LogP contribution in [-0.2, 0) is 13.5 Å². The van der Waals surface area contributed by atoms with Crippen molar-refractivity contribution in [3.05, 3.63) is 47.3 Å². The molecule has 0 bridgehead atoms. The molecule has 1 N–H and O–H groups in total. The Bertz CT molecular complexity index is 641. The number of halogens is 1. The molecule has 2 unspecified atom stereocenters. The van der Waals surface area contributed by atoms with Gasteiger partial charge >= 0.3 is 0 Å². The molecule has 3 rings (SSSR count). The van der Waals surface area contributed by atoms with Crippen LogP contribution in [0.15, 0.2) is 30.5 Å². The number of nitrogens with one attached hydrogen (secondary N) is 1. The molecule has 0 amide bonds. The van der Waals surface area contributed by atoms with E-state index >= 15 is 0 Å². The van der Waals surface area contributed by atoms with Crippen LogP contribution in [0.4, 0.5) is 4.39 Å². The number of alkyl halides is 1. The third-order valence-corrected chi connectivity index (χ3v) is 4.27. The molecule has 0 saturated carbocycles. The summed E-state index contributed by atoms with van der Waals surface area (Å²) in [6.45, 7) is 3.14. The van der Waals surface area contributed by atoms with E-state index in [9.17, 15) is 4.39 Å². The lowest BCUT2D eigenvalue weighted by Crippen LogP contribution is -2.35. The van der Waals surface area contributed by atoms with E-state index in [1.807, 2.05) is 42.9 Å². The van der Waals surface area contributed by atoms with Crippen molar-refractivity contribution >= 4 is 0 Å². The fraction of sp³-hybridized carbons (Fsp3) is 0.471. The number of ether oxygens (including phenoxy) is 1. The monoisotopic (exact) mass is 303 g/mol. The van der Waals surface area contributed by atoms with Gasteiger partial charge < -0.3 is 10.1 Å². The topological polar surface area (TPSA) is 39.1 Å². The van der Waals surface area contributed by atoms with Crippen molar-refractivity contribution in [2.24, 2.45) is 7.05 Å². The van der Waals surface area contributed by atoms with Crippen molar-refractivity contribution in [1.82, 2.24) is 15.1 Å². The average Bonchev–Trinajstić information content (AvgIpc) is 2.88. The summed E-state index contributed by atoms with van der Waals surface area (Å²) in [6, 6.07) is 7.63. The Morgan fingerprint density at radius 2 is 2.23 bits per heavy atom.